The van der Waals surface area contributed by atoms with Gasteiger partial charge in [0.2, 0.25) is 0 Å². The predicted octanol–water partition coefficient (Wildman–Crippen LogP) is 3.81. The molecule has 1 heteroatoms. The molecule has 1 aliphatic carbocycles. The van der Waals surface area contributed by atoms with Gasteiger partial charge in [-0.3, -0.25) is 0 Å². The van der Waals surface area contributed by atoms with Crippen molar-refractivity contribution >= 4 is 7.85 Å². The third-order valence-electron chi connectivity index (χ3n) is 3.95. The molecule has 0 aromatic heterocycles. The molecular weight excluding hydrogens is 167 g/mol. The van der Waals surface area contributed by atoms with Crippen LogP contribution in [0.2, 0.25) is 5.82 Å². The second kappa shape index (κ2) is 6.53. The van der Waals surface area contributed by atoms with Gasteiger partial charge in [-0.1, -0.05) is 71.0 Å². The third-order valence-corrected chi connectivity index (χ3v) is 3.95. The van der Waals surface area contributed by atoms with E-state index in [9.17, 15) is 0 Å². The molecule has 0 N–H and O–H groups in total. The Morgan fingerprint density at radius 3 is 1.93 bits per heavy atom. The van der Waals surface area contributed by atoms with Gasteiger partial charge in [0.1, 0.15) is 7.85 Å². The molecule has 0 aliphatic heterocycles. The Labute approximate surface area is 91.3 Å². The molecule has 1 saturated carbocycles. The van der Waals surface area contributed by atoms with Crippen LogP contribution in [-0.4, -0.2) is 7.85 Å². The summed E-state index contributed by atoms with van der Waals surface area (Å²) in [5.74, 6) is 2.93. The summed E-state index contributed by atoms with van der Waals surface area (Å²) in [5, 5.41) is 0. The van der Waals surface area contributed by atoms with Crippen molar-refractivity contribution in [2.75, 3.05) is 0 Å². The maximum absolute atomic E-state index is 2.44. The van der Waals surface area contributed by atoms with E-state index in [1.165, 1.54) is 51.4 Å². The fourth-order valence-corrected chi connectivity index (χ4v) is 2.56. The lowest BCUT2D eigenvalue weighted by Gasteiger charge is -2.15. The Morgan fingerprint density at radius 2 is 1.21 bits per heavy atom. The molecule has 14 heavy (non-hydrogen) atoms. The molecule has 3 unspecified atom stereocenters. The molecule has 0 aromatic rings. The van der Waals surface area contributed by atoms with Crippen LogP contribution in [0.1, 0.15) is 65.2 Å². The Morgan fingerprint density at radius 1 is 0.714 bits per heavy atom. The summed E-state index contributed by atoms with van der Waals surface area (Å²) in [4.78, 5) is 0. The smallest absolute Gasteiger partial charge is 0.0697 e. The monoisotopic (exact) mass is 194 g/mol. The molecular formula is C13H27B. The van der Waals surface area contributed by atoms with Crippen LogP contribution in [0.3, 0.4) is 0 Å². The van der Waals surface area contributed by atoms with Crippen molar-refractivity contribution in [1.82, 2.24) is 0 Å². The van der Waals surface area contributed by atoms with Crippen molar-refractivity contribution in [3.8, 4) is 0 Å². The first-order valence-electron chi connectivity index (χ1n) is 6.68. The number of hydrogen-bond donors (Lipinski definition) is 0. The second-order valence-corrected chi connectivity index (χ2v) is 5.75. The van der Waals surface area contributed by atoms with Crippen molar-refractivity contribution in [1.29, 1.82) is 0 Å². The largest absolute Gasteiger partial charge is 0.105 e. The molecule has 0 spiro atoms. The lowest BCUT2D eigenvalue weighted by atomic mass is 9.78. The molecule has 0 radical (unpaired) electrons. The van der Waals surface area contributed by atoms with Crippen LogP contribution in [0.15, 0.2) is 0 Å². The highest BCUT2D eigenvalue weighted by Crippen LogP contribution is 2.27. The standard InChI is InChI=1S/C13H27B/c1-11-5-3-4-6-13(14)10-9-12(2)8-7-11/h11-13H,3-10,14H2,1-2H3. The van der Waals surface area contributed by atoms with Gasteiger partial charge < -0.3 is 0 Å². The Bertz CT molecular complexity index is 128. The molecule has 1 aliphatic rings. The average molecular weight is 194 g/mol. The minimum Gasteiger partial charge on any atom is -0.0697 e. The lowest BCUT2D eigenvalue weighted by molar-refractivity contribution is 0.393. The highest BCUT2D eigenvalue weighted by atomic mass is 14.2. The summed E-state index contributed by atoms with van der Waals surface area (Å²) in [7, 11) is 2.44. The Kier molecular flexibility index (Phi) is 5.66. The molecule has 0 bridgehead atoms. The molecule has 82 valence electrons. The second-order valence-electron chi connectivity index (χ2n) is 5.75. The van der Waals surface area contributed by atoms with Crippen molar-refractivity contribution in [3.05, 3.63) is 0 Å². The molecule has 0 aromatic carbocycles. The summed E-state index contributed by atoms with van der Waals surface area (Å²) >= 11 is 0. The number of rotatable bonds is 0. The van der Waals surface area contributed by atoms with Gasteiger partial charge in [-0.25, -0.2) is 0 Å². The first kappa shape index (κ1) is 12.1. The van der Waals surface area contributed by atoms with Crippen molar-refractivity contribution in [3.63, 3.8) is 0 Å². The minimum atomic E-state index is 0.970. The van der Waals surface area contributed by atoms with Gasteiger partial charge >= 0.3 is 0 Å². The molecule has 0 saturated heterocycles. The maximum Gasteiger partial charge on any atom is 0.105 e. The predicted molar refractivity (Wildman–Crippen MR) is 67.6 cm³/mol. The van der Waals surface area contributed by atoms with Crippen molar-refractivity contribution in [2.24, 2.45) is 11.8 Å². The van der Waals surface area contributed by atoms with E-state index in [4.69, 9.17) is 0 Å². The highest BCUT2D eigenvalue weighted by molar-refractivity contribution is 6.11. The minimum absolute atomic E-state index is 0.970. The van der Waals surface area contributed by atoms with E-state index >= 15 is 0 Å². The van der Waals surface area contributed by atoms with E-state index in [0.717, 1.165) is 17.7 Å². The van der Waals surface area contributed by atoms with Gasteiger partial charge in [-0.05, 0) is 11.8 Å². The summed E-state index contributed by atoms with van der Waals surface area (Å²) in [6, 6.07) is 0. The highest BCUT2D eigenvalue weighted by Gasteiger charge is 2.11. The molecule has 1 rings (SSSR count). The fraction of sp³-hybridized carbons (Fsp3) is 1.00. The summed E-state index contributed by atoms with van der Waals surface area (Å²) in [5.41, 5.74) is 0. The van der Waals surface area contributed by atoms with E-state index in [2.05, 4.69) is 21.7 Å². The normalized spacial score (nSPS) is 37.4. The van der Waals surface area contributed by atoms with Crippen LogP contribution in [0.5, 0.6) is 0 Å². The van der Waals surface area contributed by atoms with Gasteiger partial charge in [-0.2, -0.15) is 0 Å². The quantitative estimate of drug-likeness (QED) is 0.514. The molecule has 3 atom stereocenters. The van der Waals surface area contributed by atoms with Crippen LogP contribution < -0.4 is 0 Å². The average Bonchev–Trinajstić information content (AvgIpc) is 2.19. The Hall–Kier alpha value is 0.0649. The van der Waals surface area contributed by atoms with Crippen molar-refractivity contribution in [2.45, 2.75) is 71.0 Å². The van der Waals surface area contributed by atoms with Gasteiger partial charge in [0.05, 0.1) is 0 Å². The number of hydrogen-bond acceptors (Lipinski definition) is 0. The van der Waals surface area contributed by atoms with E-state index < -0.39 is 0 Å². The van der Waals surface area contributed by atoms with E-state index in [-0.39, 0.29) is 0 Å². The lowest BCUT2D eigenvalue weighted by Crippen LogP contribution is -2.01. The topological polar surface area (TPSA) is 0 Å². The van der Waals surface area contributed by atoms with Crippen LogP contribution in [-0.2, 0) is 0 Å². The Balaban J connectivity index is 2.33. The summed E-state index contributed by atoms with van der Waals surface area (Å²) < 4.78 is 0. The molecule has 0 nitrogen and oxygen atoms in total. The zero-order valence-corrected chi connectivity index (χ0v) is 10.4. The van der Waals surface area contributed by atoms with Gasteiger partial charge in [0.15, 0.2) is 0 Å². The maximum atomic E-state index is 2.44. The first-order chi connectivity index (χ1) is 6.68. The summed E-state index contributed by atoms with van der Waals surface area (Å²) in [6.07, 6.45) is 11.8. The fourth-order valence-electron chi connectivity index (χ4n) is 2.56. The SMILES string of the molecule is BC1CCCCC(C)CCC(C)CC1. The molecule has 0 heterocycles. The molecule has 0 amide bonds. The third kappa shape index (κ3) is 5.07. The van der Waals surface area contributed by atoms with E-state index in [1.807, 2.05) is 0 Å². The van der Waals surface area contributed by atoms with Crippen LogP contribution >= 0.6 is 0 Å². The van der Waals surface area contributed by atoms with Crippen LogP contribution in [0, 0.1) is 11.8 Å². The van der Waals surface area contributed by atoms with E-state index in [0.29, 0.717) is 0 Å². The van der Waals surface area contributed by atoms with Crippen LogP contribution in [0.4, 0.5) is 0 Å². The van der Waals surface area contributed by atoms with Gasteiger partial charge in [0, 0.05) is 0 Å². The van der Waals surface area contributed by atoms with Crippen LogP contribution in [0.25, 0.3) is 0 Å². The van der Waals surface area contributed by atoms with Gasteiger partial charge in [-0.15, -0.1) is 0 Å². The summed E-state index contributed by atoms with van der Waals surface area (Å²) in [6.45, 7) is 4.88. The van der Waals surface area contributed by atoms with E-state index in [1.54, 1.807) is 0 Å². The zero-order chi connectivity index (χ0) is 10.4. The molecule has 1 fully saturated rings. The van der Waals surface area contributed by atoms with Gasteiger partial charge in [0.25, 0.3) is 0 Å². The van der Waals surface area contributed by atoms with Crippen molar-refractivity contribution < 1.29 is 0 Å². The zero-order valence-electron chi connectivity index (χ0n) is 10.4. The first-order valence-corrected chi connectivity index (χ1v) is 6.68.